The molecule has 0 N–H and O–H groups in total. The third-order valence-electron chi connectivity index (χ3n) is 11.2. The Morgan fingerprint density at radius 3 is 1.57 bits per heavy atom. The molecule has 54 heavy (non-hydrogen) atoms. The molecule has 0 bridgehead atoms. The Bertz CT molecular complexity index is 3510. The summed E-state index contributed by atoms with van der Waals surface area (Å²) in [5.41, 5.74) is 9.34. The maximum absolute atomic E-state index is 5.46. The van der Waals surface area contributed by atoms with Gasteiger partial charge in [-0.3, -0.25) is 4.57 Å². The highest BCUT2D eigenvalue weighted by molar-refractivity contribution is 6.16. The van der Waals surface area contributed by atoms with Crippen molar-refractivity contribution in [2.75, 3.05) is 0 Å². The minimum absolute atomic E-state index is 0.816. The second kappa shape index (κ2) is 11.1. The molecular weight excluding hydrogens is 657 g/mol. The Balaban J connectivity index is 1.21. The number of hydrogen-bond acceptors (Lipinski definition) is 2. The topological polar surface area (TPSA) is 35.6 Å². The van der Waals surface area contributed by atoms with Crippen molar-refractivity contribution in [1.29, 1.82) is 0 Å². The Morgan fingerprint density at radius 2 is 0.833 bits per heavy atom. The maximum Gasteiger partial charge on any atom is 0.165 e. The molecule has 0 aliphatic rings. The predicted octanol–water partition coefficient (Wildman–Crippen LogP) is 13.0. The first-order valence-corrected chi connectivity index (χ1v) is 18.4. The molecule has 0 saturated carbocycles. The van der Waals surface area contributed by atoms with Gasteiger partial charge in [0.05, 0.1) is 33.1 Å². The van der Waals surface area contributed by atoms with Crippen molar-refractivity contribution in [3.8, 4) is 22.8 Å². The number of aromatic nitrogens is 4. The average Bonchev–Trinajstić information content (AvgIpc) is 3.72. The molecule has 0 saturated heterocycles. The van der Waals surface area contributed by atoms with Crippen LogP contribution < -0.4 is 0 Å². The number of fused-ring (bicyclic) bond motifs is 10. The number of para-hydroxylation sites is 3. The summed E-state index contributed by atoms with van der Waals surface area (Å²) in [5, 5.41) is 12.0. The smallest absolute Gasteiger partial charge is 0.165 e. The lowest BCUT2D eigenvalue weighted by Crippen LogP contribution is -2.04. The van der Waals surface area contributed by atoms with Crippen molar-refractivity contribution in [1.82, 2.24) is 19.1 Å². The quantitative estimate of drug-likeness (QED) is 0.185. The van der Waals surface area contributed by atoms with Gasteiger partial charge in [-0.05, 0) is 93.0 Å². The van der Waals surface area contributed by atoms with Crippen LogP contribution in [0.5, 0.6) is 0 Å². The number of rotatable bonds is 3. The van der Waals surface area contributed by atoms with Crippen LogP contribution in [0, 0.1) is 0 Å². The second-order valence-electron chi connectivity index (χ2n) is 14.2. The van der Waals surface area contributed by atoms with Gasteiger partial charge in [0.1, 0.15) is 5.69 Å². The molecule has 0 amide bonds. The van der Waals surface area contributed by atoms with Gasteiger partial charge in [0, 0.05) is 32.8 Å². The minimum Gasteiger partial charge on any atom is -0.309 e. The van der Waals surface area contributed by atoms with E-state index < -0.39 is 0 Å². The SMILES string of the molecule is c1ccc2cc3c(cc2c1)c1ccccc1n3-c1ccc2c(c1)c1cc3ccccc3cc1n2-c1nc2ccccc2nc1-c1cccc2ccccc12. The van der Waals surface area contributed by atoms with E-state index in [4.69, 9.17) is 9.97 Å². The molecule has 0 aliphatic heterocycles. The van der Waals surface area contributed by atoms with Gasteiger partial charge in [0.15, 0.2) is 5.82 Å². The molecule has 0 unspecified atom stereocenters. The Labute approximate surface area is 309 Å². The van der Waals surface area contributed by atoms with E-state index in [0.717, 1.165) is 50.2 Å². The highest BCUT2D eigenvalue weighted by atomic mass is 15.1. The van der Waals surface area contributed by atoms with Gasteiger partial charge in [-0.1, -0.05) is 121 Å². The van der Waals surface area contributed by atoms with Gasteiger partial charge in [-0.25, -0.2) is 9.97 Å². The van der Waals surface area contributed by atoms with Crippen LogP contribution in [0.4, 0.5) is 0 Å². The molecule has 0 aliphatic carbocycles. The molecule has 0 spiro atoms. The lowest BCUT2D eigenvalue weighted by atomic mass is 10.0. The van der Waals surface area contributed by atoms with Gasteiger partial charge in [0.25, 0.3) is 0 Å². The average molecular weight is 687 g/mol. The summed E-state index contributed by atoms with van der Waals surface area (Å²) >= 11 is 0. The van der Waals surface area contributed by atoms with E-state index in [-0.39, 0.29) is 0 Å². The van der Waals surface area contributed by atoms with E-state index in [1.807, 2.05) is 12.1 Å². The van der Waals surface area contributed by atoms with Crippen LogP contribution in [0.25, 0.3) is 110 Å². The van der Waals surface area contributed by atoms with Crippen molar-refractivity contribution in [2.24, 2.45) is 0 Å². The Kier molecular flexibility index (Phi) is 6.02. The van der Waals surface area contributed by atoms with E-state index in [1.54, 1.807) is 0 Å². The zero-order valence-corrected chi connectivity index (χ0v) is 29.1. The molecule has 4 nitrogen and oxygen atoms in total. The molecule has 9 aromatic carbocycles. The summed E-state index contributed by atoms with van der Waals surface area (Å²) in [7, 11) is 0. The normalized spacial score (nSPS) is 12.1. The Morgan fingerprint density at radius 1 is 0.315 bits per heavy atom. The first-order valence-electron chi connectivity index (χ1n) is 18.4. The summed E-state index contributed by atoms with van der Waals surface area (Å²) in [5.74, 6) is 0.816. The van der Waals surface area contributed by atoms with Crippen LogP contribution in [-0.4, -0.2) is 19.1 Å². The third-order valence-corrected chi connectivity index (χ3v) is 11.2. The summed E-state index contributed by atoms with van der Waals surface area (Å²) in [6.07, 6.45) is 0. The largest absolute Gasteiger partial charge is 0.309 e. The maximum atomic E-state index is 5.46. The highest BCUT2D eigenvalue weighted by Gasteiger charge is 2.22. The zero-order valence-electron chi connectivity index (χ0n) is 29.1. The van der Waals surface area contributed by atoms with Crippen LogP contribution >= 0.6 is 0 Å². The molecule has 4 heteroatoms. The van der Waals surface area contributed by atoms with Crippen LogP contribution in [0.15, 0.2) is 182 Å². The van der Waals surface area contributed by atoms with Crippen molar-refractivity contribution in [3.05, 3.63) is 182 Å². The van der Waals surface area contributed by atoms with E-state index in [2.05, 4.69) is 179 Å². The highest BCUT2D eigenvalue weighted by Crippen LogP contribution is 2.41. The van der Waals surface area contributed by atoms with Crippen LogP contribution in [0.2, 0.25) is 0 Å². The van der Waals surface area contributed by atoms with E-state index >= 15 is 0 Å². The zero-order chi connectivity index (χ0) is 35.3. The van der Waals surface area contributed by atoms with Gasteiger partial charge < -0.3 is 4.57 Å². The minimum atomic E-state index is 0.816. The van der Waals surface area contributed by atoms with E-state index in [1.165, 1.54) is 59.5 Å². The van der Waals surface area contributed by atoms with Crippen LogP contribution in [0.3, 0.4) is 0 Å². The number of nitrogens with zero attached hydrogens (tertiary/aromatic N) is 4. The van der Waals surface area contributed by atoms with Crippen LogP contribution in [-0.2, 0) is 0 Å². The fourth-order valence-electron chi connectivity index (χ4n) is 8.75. The van der Waals surface area contributed by atoms with Crippen molar-refractivity contribution >= 4 is 87.0 Å². The lowest BCUT2D eigenvalue weighted by molar-refractivity contribution is 1.08. The van der Waals surface area contributed by atoms with E-state index in [9.17, 15) is 0 Å². The molecule has 0 fully saturated rings. The molecule has 12 aromatic rings. The molecule has 250 valence electrons. The molecule has 3 heterocycles. The van der Waals surface area contributed by atoms with E-state index in [0.29, 0.717) is 0 Å². The third kappa shape index (κ3) is 4.19. The standard InChI is InChI=1S/C50H30N4/c1-3-15-34-28-47-40(26-32(34)13-1)38-19-7-10-23-45(38)53(47)36-24-25-46-42(30-36)41-27-33-14-2-4-16-35(33)29-48(41)54(46)50-49(51-43-21-8-9-22-44(43)52-50)39-20-11-17-31-12-5-6-18-37(31)39/h1-30H. The molecule has 0 atom stereocenters. The fraction of sp³-hybridized carbons (Fsp3) is 0. The second-order valence-corrected chi connectivity index (χ2v) is 14.2. The summed E-state index contributed by atoms with van der Waals surface area (Å²) in [4.78, 5) is 10.9. The Hall–Kier alpha value is -7.30. The number of hydrogen-bond donors (Lipinski definition) is 0. The van der Waals surface area contributed by atoms with Crippen molar-refractivity contribution < 1.29 is 0 Å². The fourth-order valence-corrected chi connectivity index (χ4v) is 8.75. The predicted molar refractivity (Wildman–Crippen MR) is 226 cm³/mol. The monoisotopic (exact) mass is 686 g/mol. The van der Waals surface area contributed by atoms with Gasteiger partial charge in [0.2, 0.25) is 0 Å². The van der Waals surface area contributed by atoms with Gasteiger partial charge in [-0.2, -0.15) is 0 Å². The first kappa shape index (κ1) is 29.3. The molecule has 3 aromatic heterocycles. The number of benzene rings is 9. The van der Waals surface area contributed by atoms with Crippen LogP contribution in [0.1, 0.15) is 0 Å². The van der Waals surface area contributed by atoms with Crippen molar-refractivity contribution in [2.45, 2.75) is 0 Å². The molecule has 0 radical (unpaired) electrons. The molecule has 12 rings (SSSR count). The van der Waals surface area contributed by atoms with Gasteiger partial charge >= 0.3 is 0 Å². The summed E-state index contributed by atoms with van der Waals surface area (Å²) in [6, 6.07) is 65.5. The van der Waals surface area contributed by atoms with Gasteiger partial charge in [-0.15, -0.1) is 0 Å². The summed E-state index contributed by atoms with van der Waals surface area (Å²) in [6.45, 7) is 0. The van der Waals surface area contributed by atoms with Crippen molar-refractivity contribution in [3.63, 3.8) is 0 Å². The molecular formula is C50H30N4. The lowest BCUT2D eigenvalue weighted by Gasteiger charge is -2.15. The summed E-state index contributed by atoms with van der Waals surface area (Å²) < 4.78 is 4.77. The first-order chi connectivity index (χ1) is 26.8.